The zero-order valence-corrected chi connectivity index (χ0v) is 30.0. The topological polar surface area (TPSA) is 305 Å². The minimum absolute atomic E-state index is 0.0149. The molecule has 0 atom stereocenters. The Bertz CT molecular complexity index is 2420. The lowest BCUT2D eigenvalue weighted by Crippen LogP contribution is -2.11. The Morgan fingerprint density at radius 2 is 1.58 bits per heavy atom. The van der Waals surface area contributed by atoms with Crippen molar-refractivity contribution in [2.75, 3.05) is 25.2 Å². The largest absolute Gasteiger partial charge is 0.505 e. The Hall–Kier alpha value is -4.43. The van der Waals surface area contributed by atoms with Crippen LogP contribution in [0.15, 0.2) is 101 Å². The first-order valence-corrected chi connectivity index (χ1v) is 19.5. The molecule has 0 aliphatic rings. The third-order valence-corrected chi connectivity index (χ3v) is 10.3. The van der Waals surface area contributed by atoms with Crippen LogP contribution in [-0.2, 0) is 53.7 Å². The summed E-state index contributed by atoms with van der Waals surface area (Å²) in [5.41, 5.74) is 5.37. The highest BCUT2D eigenvalue weighted by molar-refractivity contribution is 8.04. The van der Waals surface area contributed by atoms with Crippen LogP contribution in [0.25, 0.3) is 10.8 Å². The van der Waals surface area contributed by atoms with Gasteiger partial charge in [0.1, 0.15) is 16.3 Å². The van der Waals surface area contributed by atoms with E-state index < -0.39 is 46.7 Å². The summed E-state index contributed by atoms with van der Waals surface area (Å²) >= 11 is 1.27. The maximum Gasteiger partial charge on any atom is 0.433 e. The maximum atomic E-state index is 12.6. The van der Waals surface area contributed by atoms with E-state index in [1.165, 1.54) is 43.5 Å². The van der Waals surface area contributed by atoms with Gasteiger partial charge in [-0.3, -0.25) is 14.0 Å². The Balaban J connectivity index is 1.75. The van der Waals surface area contributed by atoms with Gasteiger partial charge >= 0.3 is 10.4 Å². The lowest BCUT2D eigenvalue weighted by atomic mass is 10.1. The fourth-order valence-electron chi connectivity index (χ4n) is 4.03. The van der Waals surface area contributed by atoms with E-state index in [9.17, 15) is 34.9 Å². The number of anilines is 1. The second-order valence-electron chi connectivity index (χ2n) is 9.60. The number of rotatable bonds is 15. The smallest absolute Gasteiger partial charge is 0.433 e. The van der Waals surface area contributed by atoms with Gasteiger partial charge in [0.15, 0.2) is 21.7 Å². The molecule has 0 spiro atoms. The molecule has 0 heterocycles. The second kappa shape index (κ2) is 17.4. The van der Waals surface area contributed by atoms with Crippen LogP contribution < -0.4 is 5.73 Å². The maximum absolute atomic E-state index is 12.6. The number of nitrogens with zero attached hydrogens (tertiary/aromatic N) is 4. The molecule has 0 fully saturated rings. The predicted molar refractivity (Wildman–Crippen MR) is 183 cm³/mol. The molecule has 4 rings (SSSR count). The Morgan fingerprint density at radius 1 is 0.885 bits per heavy atom. The SMILES string of the molecule is COCCS(=O)(=O)c1cccc(N=Nc2c(S(=O)(=O)O)cc3cc(SOOO)c(N=Nc4ccc(SC#COOS(=O)(=O)O)cc4)c(N)c3c2O)c1. The van der Waals surface area contributed by atoms with Gasteiger partial charge in [-0.1, -0.05) is 11.1 Å². The van der Waals surface area contributed by atoms with Crippen molar-refractivity contribution in [1.82, 2.24) is 0 Å². The highest BCUT2D eigenvalue weighted by Gasteiger charge is 2.26. The first-order valence-electron chi connectivity index (χ1n) is 13.5. The molecule has 20 nitrogen and oxygen atoms in total. The van der Waals surface area contributed by atoms with Crippen LogP contribution in [0, 0.1) is 11.4 Å². The van der Waals surface area contributed by atoms with Crippen LogP contribution in [0.1, 0.15) is 0 Å². The number of ether oxygens (including phenoxy) is 1. The fraction of sp³-hybridized carbons (Fsp3) is 0.111. The summed E-state index contributed by atoms with van der Waals surface area (Å²) in [7, 11) is -12.3. The van der Waals surface area contributed by atoms with Gasteiger partial charge in [0.05, 0.1) is 56.6 Å². The number of hydrogen-bond donors (Lipinski definition) is 5. The molecule has 4 aromatic carbocycles. The van der Waals surface area contributed by atoms with E-state index in [4.69, 9.17) is 20.3 Å². The first-order chi connectivity index (χ1) is 24.5. The van der Waals surface area contributed by atoms with E-state index in [1.807, 2.05) is 6.11 Å². The molecule has 0 aliphatic carbocycles. The Labute approximate surface area is 303 Å². The molecule has 0 aliphatic heterocycles. The van der Waals surface area contributed by atoms with Gasteiger partial charge < -0.3 is 15.6 Å². The summed E-state index contributed by atoms with van der Waals surface area (Å²) in [6.45, 7) is -0.0707. The number of fused-ring (bicyclic) bond motifs is 1. The molecule has 6 N–H and O–H groups in total. The quantitative estimate of drug-likeness (QED) is 0.0138. The van der Waals surface area contributed by atoms with Crippen molar-refractivity contribution in [2.45, 2.75) is 19.6 Å². The van der Waals surface area contributed by atoms with E-state index >= 15 is 0 Å². The van der Waals surface area contributed by atoms with Crippen LogP contribution in [0.3, 0.4) is 0 Å². The molecule has 276 valence electrons. The van der Waals surface area contributed by atoms with Crippen LogP contribution in [0.2, 0.25) is 0 Å². The summed E-state index contributed by atoms with van der Waals surface area (Å²) in [4.78, 5) is 3.52. The zero-order chi connectivity index (χ0) is 38.1. The average Bonchev–Trinajstić information content (AvgIpc) is 3.08. The number of methoxy groups -OCH3 is 1. The van der Waals surface area contributed by atoms with Gasteiger partial charge in [-0.05, 0) is 76.1 Å². The van der Waals surface area contributed by atoms with Crippen molar-refractivity contribution in [1.29, 1.82) is 0 Å². The molecule has 0 bridgehead atoms. The molecular weight excluding hydrogens is 795 g/mol. The van der Waals surface area contributed by atoms with Crippen molar-refractivity contribution in [2.24, 2.45) is 20.5 Å². The zero-order valence-electron chi connectivity index (χ0n) is 25.9. The van der Waals surface area contributed by atoms with Crippen LogP contribution in [0.4, 0.5) is 28.4 Å². The lowest BCUT2D eigenvalue weighted by molar-refractivity contribution is -0.432. The number of azo groups is 2. The fourth-order valence-corrected chi connectivity index (χ4v) is 6.99. The van der Waals surface area contributed by atoms with E-state index in [1.54, 1.807) is 12.1 Å². The molecule has 0 unspecified atom stereocenters. The van der Waals surface area contributed by atoms with E-state index in [0.29, 0.717) is 16.9 Å². The third kappa shape index (κ3) is 10.8. The van der Waals surface area contributed by atoms with Gasteiger partial charge in [0.2, 0.25) is 0 Å². The molecule has 0 amide bonds. The van der Waals surface area contributed by atoms with Gasteiger partial charge in [-0.15, -0.1) is 14.6 Å². The molecule has 0 saturated carbocycles. The number of hydrogen-bond acceptors (Lipinski definition) is 20. The number of sulfone groups is 1. The minimum atomic E-state index is -5.08. The summed E-state index contributed by atoms with van der Waals surface area (Å²) in [5.74, 6) is -1.19. The number of phenols is 1. The highest BCUT2D eigenvalue weighted by Crippen LogP contribution is 2.49. The number of aromatic hydroxyl groups is 1. The molecule has 0 saturated heterocycles. The molecular formula is C27H23N5O15S5. The molecule has 0 radical (unpaired) electrons. The highest BCUT2D eigenvalue weighted by atomic mass is 32.3. The van der Waals surface area contributed by atoms with E-state index in [0.717, 1.165) is 23.9 Å². The third-order valence-electron chi connectivity index (χ3n) is 6.22. The number of benzene rings is 4. The summed E-state index contributed by atoms with van der Waals surface area (Å²) in [5, 5.41) is 41.7. The predicted octanol–water partition coefficient (Wildman–Crippen LogP) is 5.82. The molecule has 25 heteroatoms. The lowest BCUT2D eigenvalue weighted by Gasteiger charge is -2.14. The number of thioether (sulfide) groups is 1. The Morgan fingerprint density at radius 3 is 2.23 bits per heavy atom. The summed E-state index contributed by atoms with van der Waals surface area (Å²) in [6.07, 6.45) is 1.89. The average molecular weight is 818 g/mol. The first kappa shape index (κ1) is 40.3. The van der Waals surface area contributed by atoms with Crippen molar-refractivity contribution in [3.05, 3.63) is 60.7 Å². The number of phenolic OH excluding ortho intramolecular Hbond substituents is 1. The number of nitrogen functional groups attached to an aromatic ring is 1. The monoisotopic (exact) mass is 817 g/mol. The van der Waals surface area contributed by atoms with E-state index in [-0.39, 0.29) is 55.7 Å². The van der Waals surface area contributed by atoms with E-state index in [2.05, 4.69) is 44.3 Å². The molecule has 0 aromatic heterocycles. The summed E-state index contributed by atoms with van der Waals surface area (Å²) in [6, 6.07) is 13.4. The Kier molecular flexibility index (Phi) is 13.5. The van der Waals surface area contributed by atoms with Gasteiger partial charge in [-0.25, -0.2) is 13.7 Å². The van der Waals surface area contributed by atoms with Crippen molar-refractivity contribution in [3.8, 4) is 17.1 Å². The van der Waals surface area contributed by atoms with Crippen molar-refractivity contribution >= 4 is 93.4 Å². The molecule has 4 aromatic rings. The van der Waals surface area contributed by atoms with Crippen LogP contribution >= 0.6 is 23.8 Å². The van der Waals surface area contributed by atoms with Crippen LogP contribution in [0.5, 0.6) is 5.75 Å². The van der Waals surface area contributed by atoms with Crippen molar-refractivity contribution < 1.29 is 68.1 Å². The van der Waals surface area contributed by atoms with Crippen molar-refractivity contribution in [3.63, 3.8) is 0 Å². The van der Waals surface area contributed by atoms with Gasteiger partial charge in [0, 0.05) is 17.3 Å². The minimum Gasteiger partial charge on any atom is -0.505 e. The normalized spacial score (nSPS) is 12.4. The summed E-state index contributed by atoms with van der Waals surface area (Å²) < 4.78 is 102. The van der Waals surface area contributed by atoms with Gasteiger partial charge in [0.25, 0.3) is 10.1 Å². The second-order valence-corrected chi connectivity index (χ2v) is 15.7. The number of nitrogens with two attached hydrogens (primary N) is 1. The molecule has 52 heavy (non-hydrogen) atoms. The van der Waals surface area contributed by atoms with Crippen LogP contribution in [-0.4, -0.2) is 64.2 Å². The standard InChI is InChI=1S/C27H23N5O15S5/c1-43-10-12-50(35,36)20-4-2-3-18(15-20)30-32-26-22(51(37,38)39)14-16-13-21(49-46-45-34)25(24(28)23(16)27(26)33)31-29-17-5-7-19(8-6-17)48-11-9-44-47-52(40,41)42/h2-8,13-15,33-34H,10,12,28H2,1H3,(H,37,38,39)(H,40,41,42). The van der Waals surface area contributed by atoms with Gasteiger partial charge in [-0.2, -0.15) is 27.1 Å².